The smallest absolute Gasteiger partial charge is 0.0236 e. The molecule has 1 aromatic carbocycles. The first-order chi connectivity index (χ1) is 7.40. The summed E-state index contributed by atoms with van der Waals surface area (Å²) in [6, 6.07) is 11.5. The summed E-state index contributed by atoms with van der Waals surface area (Å²) in [7, 11) is 0. The third kappa shape index (κ3) is 2.99. The number of thiol groups is 1. The zero-order chi connectivity index (χ0) is 10.5. The maximum atomic E-state index is 4.34. The molecule has 1 aliphatic rings. The average molecular weight is 221 g/mol. The molecule has 1 aliphatic heterocycles. The summed E-state index contributed by atoms with van der Waals surface area (Å²) in [5.74, 6) is 1.01. The maximum Gasteiger partial charge on any atom is 0.0236 e. The minimum Gasteiger partial charge on any atom is -0.296 e. The third-order valence-corrected chi connectivity index (χ3v) is 3.45. The SMILES string of the molecule is SCCC1CCCN1Cc1ccccc1. The molecule has 1 nitrogen and oxygen atoms in total. The largest absolute Gasteiger partial charge is 0.296 e. The lowest BCUT2D eigenvalue weighted by Crippen LogP contribution is -2.29. The molecule has 0 bridgehead atoms. The second kappa shape index (κ2) is 5.57. The van der Waals surface area contributed by atoms with Gasteiger partial charge in [-0.15, -0.1) is 0 Å². The van der Waals surface area contributed by atoms with Gasteiger partial charge in [-0.3, -0.25) is 4.90 Å². The molecule has 15 heavy (non-hydrogen) atoms. The zero-order valence-corrected chi connectivity index (χ0v) is 10.00. The summed E-state index contributed by atoms with van der Waals surface area (Å²) in [5, 5.41) is 0. The molecular weight excluding hydrogens is 202 g/mol. The van der Waals surface area contributed by atoms with Gasteiger partial charge in [-0.2, -0.15) is 12.6 Å². The second-order valence-electron chi connectivity index (χ2n) is 4.26. The van der Waals surface area contributed by atoms with Crippen LogP contribution in [0.1, 0.15) is 24.8 Å². The normalized spacial score (nSPS) is 22.1. The molecule has 1 fully saturated rings. The van der Waals surface area contributed by atoms with Crippen molar-refractivity contribution in [2.24, 2.45) is 0 Å². The average Bonchev–Trinajstić information content (AvgIpc) is 2.68. The summed E-state index contributed by atoms with van der Waals surface area (Å²) in [6.45, 7) is 2.37. The van der Waals surface area contributed by atoms with Crippen LogP contribution >= 0.6 is 12.6 Å². The van der Waals surface area contributed by atoms with Gasteiger partial charge in [0.2, 0.25) is 0 Å². The number of rotatable bonds is 4. The lowest BCUT2D eigenvalue weighted by Gasteiger charge is -2.23. The van der Waals surface area contributed by atoms with Crippen molar-refractivity contribution in [3.8, 4) is 0 Å². The molecule has 0 aromatic heterocycles. The predicted octanol–water partition coefficient (Wildman–Crippen LogP) is 2.97. The molecule has 0 saturated carbocycles. The molecule has 82 valence electrons. The molecular formula is C13H19NS. The first-order valence-corrected chi connectivity index (χ1v) is 6.42. The Balaban J connectivity index is 1.93. The summed E-state index contributed by atoms with van der Waals surface area (Å²) in [5.41, 5.74) is 1.43. The summed E-state index contributed by atoms with van der Waals surface area (Å²) < 4.78 is 0. The van der Waals surface area contributed by atoms with E-state index >= 15 is 0 Å². The highest BCUT2D eigenvalue weighted by Gasteiger charge is 2.23. The van der Waals surface area contributed by atoms with Gasteiger partial charge in [0.15, 0.2) is 0 Å². The van der Waals surface area contributed by atoms with Crippen LogP contribution in [-0.2, 0) is 6.54 Å². The molecule has 0 radical (unpaired) electrons. The maximum absolute atomic E-state index is 4.34. The van der Waals surface area contributed by atoms with Crippen LogP contribution in [0.5, 0.6) is 0 Å². The highest BCUT2D eigenvalue weighted by molar-refractivity contribution is 7.80. The van der Waals surface area contributed by atoms with E-state index in [9.17, 15) is 0 Å². The molecule has 0 aliphatic carbocycles. The number of benzene rings is 1. The summed E-state index contributed by atoms with van der Waals surface area (Å²) >= 11 is 4.34. The standard InChI is InChI=1S/C13H19NS/c15-10-8-13-7-4-9-14(13)11-12-5-2-1-3-6-12/h1-3,5-6,13,15H,4,7-11H2. The number of hydrogen-bond donors (Lipinski definition) is 1. The minimum atomic E-state index is 0.766. The Kier molecular flexibility index (Phi) is 4.09. The van der Waals surface area contributed by atoms with Gasteiger partial charge < -0.3 is 0 Å². The Hall–Kier alpha value is -0.470. The molecule has 2 heteroatoms. The van der Waals surface area contributed by atoms with E-state index < -0.39 is 0 Å². The monoisotopic (exact) mass is 221 g/mol. The van der Waals surface area contributed by atoms with Crippen molar-refractivity contribution in [2.45, 2.75) is 31.8 Å². The highest BCUT2D eigenvalue weighted by atomic mass is 32.1. The van der Waals surface area contributed by atoms with Crippen molar-refractivity contribution in [2.75, 3.05) is 12.3 Å². The highest BCUT2D eigenvalue weighted by Crippen LogP contribution is 2.22. The van der Waals surface area contributed by atoms with E-state index in [1.54, 1.807) is 0 Å². The van der Waals surface area contributed by atoms with Crippen molar-refractivity contribution < 1.29 is 0 Å². The topological polar surface area (TPSA) is 3.24 Å². The van der Waals surface area contributed by atoms with Gasteiger partial charge in [0.1, 0.15) is 0 Å². The Labute approximate surface area is 97.9 Å². The van der Waals surface area contributed by atoms with E-state index in [2.05, 4.69) is 47.9 Å². The van der Waals surface area contributed by atoms with Crippen LogP contribution in [0.2, 0.25) is 0 Å². The van der Waals surface area contributed by atoms with Gasteiger partial charge in [-0.05, 0) is 37.1 Å². The van der Waals surface area contributed by atoms with Crippen molar-refractivity contribution >= 4 is 12.6 Å². The van der Waals surface area contributed by atoms with E-state index in [1.807, 2.05) is 0 Å². The summed E-state index contributed by atoms with van der Waals surface area (Å²) in [4.78, 5) is 2.60. The molecule has 1 saturated heterocycles. The number of likely N-dealkylation sites (tertiary alicyclic amines) is 1. The Morgan fingerprint density at radius 2 is 2.07 bits per heavy atom. The fraction of sp³-hybridized carbons (Fsp3) is 0.538. The zero-order valence-electron chi connectivity index (χ0n) is 9.10. The molecule has 0 N–H and O–H groups in total. The van der Waals surface area contributed by atoms with Crippen LogP contribution in [0, 0.1) is 0 Å². The van der Waals surface area contributed by atoms with Crippen LogP contribution in [0.4, 0.5) is 0 Å². The van der Waals surface area contributed by atoms with Crippen molar-refractivity contribution in [3.05, 3.63) is 35.9 Å². The second-order valence-corrected chi connectivity index (χ2v) is 4.71. The first kappa shape index (κ1) is 11.0. The van der Waals surface area contributed by atoms with E-state index in [0.29, 0.717) is 0 Å². The van der Waals surface area contributed by atoms with Crippen molar-refractivity contribution in [1.82, 2.24) is 4.90 Å². The van der Waals surface area contributed by atoms with Crippen molar-refractivity contribution in [1.29, 1.82) is 0 Å². The van der Waals surface area contributed by atoms with E-state index in [0.717, 1.165) is 18.3 Å². The van der Waals surface area contributed by atoms with Crippen LogP contribution < -0.4 is 0 Å². The van der Waals surface area contributed by atoms with Crippen LogP contribution in [0.25, 0.3) is 0 Å². The fourth-order valence-corrected chi connectivity index (χ4v) is 2.70. The molecule has 0 spiro atoms. The number of nitrogens with zero attached hydrogens (tertiary/aromatic N) is 1. The molecule has 1 atom stereocenters. The van der Waals surface area contributed by atoms with Crippen LogP contribution in [-0.4, -0.2) is 23.2 Å². The van der Waals surface area contributed by atoms with Gasteiger partial charge in [0.05, 0.1) is 0 Å². The van der Waals surface area contributed by atoms with E-state index in [1.165, 1.54) is 31.4 Å². The van der Waals surface area contributed by atoms with E-state index in [4.69, 9.17) is 0 Å². The molecule has 0 amide bonds. The molecule has 1 unspecified atom stereocenters. The summed E-state index contributed by atoms with van der Waals surface area (Å²) in [6.07, 6.45) is 3.94. The molecule has 1 heterocycles. The molecule has 1 aromatic rings. The van der Waals surface area contributed by atoms with Gasteiger partial charge >= 0.3 is 0 Å². The lowest BCUT2D eigenvalue weighted by molar-refractivity contribution is 0.241. The Bertz CT molecular complexity index is 286. The third-order valence-electron chi connectivity index (χ3n) is 3.19. The Morgan fingerprint density at radius 3 is 2.80 bits per heavy atom. The van der Waals surface area contributed by atoms with Gasteiger partial charge in [0, 0.05) is 12.6 Å². The van der Waals surface area contributed by atoms with Gasteiger partial charge in [-0.1, -0.05) is 30.3 Å². The van der Waals surface area contributed by atoms with Crippen LogP contribution in [0.3, 0.4) is 0 Å². The fourth-order valence-electron chi connectivity index (χ4n) is 2.40. The quantitative estimate of drug-likeness (QED) is 0.765. The molecule has 2 rings (SSSR count). The predicted molar refractivity (Wildman–Crippen MR) is 68.3 cm³/mol. The Morgan fingerprint density at radius 1 is 1.27 bits per heavy atom. The van der Waals surface area contributed by atoms with E-state index in [-0.39, 0.29) is 0 Å². The number of hydrogen-bond acceptors (Lipinski definition) is 2. The van der Waals surface area contributed by atoms with Gasteiger partial charge in [0.25, 0.3) is 0 Å². The van der Waals surface area contributed by atoms with Crippen molar-refractivity contribution in [3.63, 3.8) is 0 Å². The minimum absolute atomic E-state index is 0.766. The lowest BCUT2D eigenvalue weighted by atomic mass is 10.1. The van der Waals surface area contributed by atoms with Gasteiger partial charge in [-0.25, -0.2) is 0 Å². The van der Waals surface area contributed by atoms with Crippen LogP contribution in [0.15, 0.2) is 30.3 Å². The first-order valence-electron chi connectivity index (χ1n) is 5.79.